The summed E-state index contributed by atoms with van der Waals surface area (Å²) in [6.45, 7) is 4.80. The van der Waals surface area contributed by atoms with Crippen LogP contribution in [0.2, 0.25) is 0 Å². The lowest BCUT2D eigenvalue weighted by atomic mass is 9.97. The first kappa shape index (κ1) is 13.9. The van der Waals surface area contributed by atoms with Crippen molar-refractivity contribution in [2.75, 3.05) is 45.2 Å². The van der Waals surface area contributed by atoms with Gasteiger partial charge in [-0.3, -0.25) is 4.90 Å². The highest BCUT2D eigenvalue weighted by Crippen LogP contribution is 2.37. The molecule has 2 atom stereocenters. The number of piperazine rings is 1. The molecule has 0 spiro atoms. The third-order valence-electron chi connectivity index (χ3n) is 4.95. The largest absolute Gasteiger partial charge is 0.378 e. The van der Waals surface area contributed by atoms with E-state index >= 15 is 0 Å². The fourth-order valence-electron chi connectivity index (χ4n) is 3.68. The highest BCUT2D eigenvalue weighted by Gasteiger charge is 2.30. The van der Waals surface area contributed by atoms with Gasteiger partial charge in [-0.15, -0.1) is 0 Å². The first-order chi connectivity index (χ1) is 9.74. The number of hydrogen-bond donors (Lipinski definition) is 1. The fourth-order valence-corrected chi connectivity index (χ4v) is 3.68. The molecular weight excluding hydrogens is 246 g/mol. The molecule has 2 unspecified atom stereocenters. The Bertz CT molecular complexity index is 420. The molecule has 1 aliphatic heterocycles. The minimum atomic E-state index is 0.770. The third kappa shape index (κ3) is 2.99. The topological polar surface area (TPSA) is 18.5 Å². The van der Waals surface area contributed by atoms with Crippen LogP contribution in [0.4, 0.5) is 5.69 Å². The molecule has 1 N–H and O–H groups in total. The van der Waals surface area contributed by atoms with Crippen molar-refractivity contribution < 1.29 is 0 Å². The first-order valence-electron chi connectivity index (χ1n) is 7.96. The maximum Gasteiger partial charge on any atom is 0.0361 e. The van der Waals surface area contributed by atoms with E-state index in [1.54, 1.807) is 0 Å². The van der Waals surface area contributed by atoms with Crippen LogP contribution >= 0.6 is 0 Å². The summed E-state index contributed by atoms with van der Waals surface area (Å²) in [6, 6.07) is 10.00. The Hall–Kier alpha value is -1.06. The highest BCUT2D eigenvalue weighted by atomic mass is 15.2. The highest BCUT2D eigenvalue weighted by molar-refractivity contribution is 5.46. The second kappa shape index (κ2) is 6.15. The quantitative estimate of drug-likeness (QED) is 0.911. The molecule has 2 aliphatic rings. The Labute approximate surface area is 123 Å². The summed E-state index contributed by atoms with van der Waals surface area (Å²) in [5.41, 5.74) is 2.83. The molecule has 3 nitrogen and oxygen atoms in total. The SMILES string of the molecule is CN(C)c1ccc(C2CCC(N3CCNCC3)C2)cc1. The van der Waals surface area contributed by atoms with Crippen molar-refractivity contribution in [3.05, 3.63) is 29.8 Å². The number of nitrogens with zero attached hydrogens (tertiary/aromatic N) is 2. The maximum absolute atomic E-state index is 3.45. The number of hydrogen-bond acceptors (Lipinski definition) is 3. The van der Waals surface area contributed by atoms with Gasteiger partial charge in [0.05, 0.1) is 0 Å². The van der Waals surface area contributed by atoms with Gasteiger partial charge in [-0.05, 0) is 42.9 Å². The maximum atomic E-state index is 3.45. The van der Waals surface area contributed by atoms with E-state index in [9.17, 15) is 0 Å². The van der Waals surface area contributed by atoms with Crippen molar-refractivity contribution in [3.63, 3.8) is 0 Å². The van der Waals surface area contributed by atoms with Gasteiger partial charge in [-0.25, -0.2) is 0 Å². The van der Waals surface area contributed by atoms with E-state index in [0.29, 0.717) is 0 Å². The summed E-state index contributed by atoms with van der Waals surface area (Å²) in [4.78, 5) is 4.87. The van der Waals surface area contributed by atoms with E-state index in [1.807, 2.05) is 0 Å². The zero-order valence-corrected chi connectivity index (χ0v) is 12.8. The molecule has 1 aromatic carbocycles. The predicted molar refractivity (Wildman–Crippen MR) is 85.6 cm³/mol. The van der Waals surface area contributed by atoms with Gasteiger partial charge in [0.15, 0.2) is 0 Å². The molecule has 0 aromatic heterocycles. The number of nitrogens with one attached hydrogen (secondary N) is 1. The standard InChI is InChI=1S/C17H27N3/c1-19(2)16-6-3-14(4-7-16)15-5-8-17(13-15)20-11-9-18-10-12-20/h3-4,6-7,15,17-18H,5,8-13H2,1-2H3. The van der Waals surface area contributed by atoms with Crippen molar-refractivity contribution in [2.45, 2.75) is 31.2 Å². The van der Waals surface area contributed by atoms with Gasteiger partial charge >= 0.3 is 0 Å². The van der Waals surface area contributed by atoms with E-state index in [0.717, 1.165) is 12.0 Å². The van der Waals surface area contributed by atoms with Crippen LogP contribution in [0.3, 0.4) is 0 Å². The molecular formula is C17H27N3. The van der Waals surface area contributed by atoms with Crippen molar-refractivity contribution in [3.8, 4) is 0 Å². The van der Waals surface area contributed by atoms with Crippen LogP contribution in [0, 0.1) is 0 Å². The molecule has 0 bridgehead atoms. The Kier molecular flexibility index (Phi) is 4.27. The molecule has 3 heteroatoms. The van der Waals surface area contributed by atoms with Crippen LogP contribution in [0.15, 0.2) is 24.3 Å². The monoisotopic (exact) mass is 273 g/mol. The summed E-state index contributed by atoms with van der Waals surface area (Å²) >= 11 is 0. The van der Waals surface area contributed by atoms with Gasteiger partial charge in [-0.2, -0.15) is 0 Å². The number of rotatable bonds is 3. The molecule has 3 rings (SSSR count). The summed E-state index contributed by atoms with van der Waals surface area (Å²) in [6.07, 6.45) is 4.08. The van der Waals surface area contributed by atoms with Crippen LogP contribution < -0.4 is 10.2 Å². The lowest BCUT2D eigenvalue weighted by Crippen LogP contribution is -2.47. The van der Waals surface area contributed by atoms with Crippen molar-refractivity contribution in [2.24, 2.45) is 0 Å². The lowest BCUT2D eigenvalue weighted by molar-refractivity contribution is 0.174. The molecule has 1 aromatic rings. The van der Waals surface area contributed by atoms with Crippen LogP contribution in [0.5, 0.6) is 0 Å². The van der Waals surface area contributed by atoms with Gasteiger partial charge in [-0.1, -0.05) is 12.1 Å². The Morgan fingerprint density at radius 1 is 1.05 bits per heavy atom. The van der Waals surface area contributed by atoms with E-state index in [1.165, 1.54) is 56.7 Å². The molecule has 20 heavy (non-hydrogen) atoms. The van der Waals surface area contributed by atoms with Crippen LogP contribution in [0.25, 0.3) is 0 Å². The number of anilines is 1. The van der Waals surface area contributed by atoms with E-state index in [4.69, 9.17) is 0 Å². The van der Waals surface area contributed by atoms with Gasteiger partial charge in [0, 0.05) is 52.0 Å². The average molecular weight is 273 g/mol. The van der Waals surface area contributed by atoms with Crippen molar-refractivity contribution in [1.82, 2.24) is 10.2 Å². The summed E-state index contributed by atoms with van der Waals surface area (Å²) in [5.74, 6) is 0.770. The molecule has 1 saturated carbocycles. The molecule has 0 radical (unpaired) electrons. The average Bonchev–Trinajstić information content (AvgIpc) is 2.98. The lowest BCUT2D eigenvalue weighted by Gasteiger charge is -2.32. The molecule has 1 saturated heterocycles. The first-order valence-corrected chi connectivity index (χ1v) is 7.96. The van der Waals surface area contributed by atoms with Crippen LogP contribution in [-0.4, -0.2) is 51.2 Å². The zero-order chi connectivity index (χ0) is 13.9. The van der Waals surface area contributed by atoms with Gasteiger partial charge in [0.2, 0.25) is 0 Å². The van der Waals surface area contributed by atoms with Crippen molar-refractivity contribution in [1.29, 1.82) is 0 Å². The van der Waals surface area contributed by atoms with Crippen LogP contribution in [-0.2, 0) is 0 Å². The molecule has 1 heterocycles. The summed E-state index contributed by atoms with van der Waals surface area (Å²) < 4.78 is 0. The van der Waals surface area contributed by atoms with Crippen LogP contribution in [0.1, 0.15) is 30.7 Å². The minimum Gasteiger partial charge on any atom is -0.378 e. The zero-order valence-electron chi connectivity index (χ0n) is 12.8. The molecule has 0 amide bonds. The normalized spacial score (nSPS) is 27.7. The van der Waals surface area contributed by atoms with E-state index in [2.05, 4.69) is 53.5 Å². The molecule has 1 aliphatic carbocycles. The smallest absolute Gasteiger partial charge is 0.0361 e. The second-order valence-electron chi connectivity index (χ2n) is 6.44. The predicted octanol–water partition coefficient (Wildman–Crippen LogP) is 2.29. The van der Waals surface area contributed by atoms with Gasteiger partial charge in [0.1, 0.15) is 0 Å². The second-order valence-corrected chi connectivity index (χ2v) is 6.44. The van der Waals surface area contributed by atoms with E-state index < -0.39 is 0 Å². The van der Waals surface area contributed by atoms with E-state index in [-0.39, 0.29) is 0 Å². The Morgan fingerprint density at radius 2 is 1.75 bits per heavy atom. The van der Waals surface area contributed by atoms with Crippen molar-refractivity contribution >= 4 is 5.69 Å². The fraction of sp³-hybridized carbons (Fsp3) is 0.647. The summed E-state index contributed by atoms with van der Waals surface area (Å²) in [7, 11) is 4.20. The van der Waals surface area contributed by atoms with Gasteiger partial charge in [0.25, 0.3) is 0 Å². The Balaban J connectivity index is 1.61. The number of benzene rings is 1. The Morgan fingerprint density at radius 3 is 2.40 bits per heavy atom. The minimum absolute atomic E-state index is 0.770. The molecule has 2 fully saturated rings. The van der Waals surface area contributed by atoms with Gasteiger partial charge < -0.3 is 10.2 Å². The summed E-state index contributed by atoms with van der Waals surface area (Å²) in [5, 5.41) is 3.45. The molecule has 110 valence electrons. The third-order valence-corrected chi connectivity index (χ3v) is 4.95.